The van der Waals surface area contributed by atoms with Crippen LogP contribution in [-0.2, 0) is 9.84 Å². The van der Waals surface area contributed by atoms with Crippen molar-refractivity contribution < 1.29 is 30.7 Å². The van der Waals surface area contributed by atoms with Gasteiger partial charge in [-0.2, -0.15) is 0 Å². The fraction of sp³-hybridized carbons (Fsp3) is 0.538. The lowest BCUT2D eigenvalue weighted by Gasteiger charge is -2.32. The number of benzene rings is 1. The second kappa shape index (κ2) is 5.69. The molecule has 9 heteroatoms. The summed E-state index contributed by atoms with van der Waals surface area (Å²) in [6.07, 6.45) is -5.10. The highest BCUT2D eigenvalue weighted by Crippen LogP contribution is 2.40. The van der Waals surface area contributed by atoms with Gasteiger partial charge in [0.05, 0.1) is 4.90 Å². The van der Waals surface area contributed by atoms with Gasteiger partial charge in [0.2, 0.25) is 14.8 Å². The molecule has 0 spiro atoms. The van der Waals surface area contributed by atoms with E-state index in [0.29, 0.717) is 6.07 Å². The molecule has 22 heavy (non-hydrogen) atoms. The molecule has 1 saturated carbocycles. The third kappa shape index (κ3) is 3.52. The highest BCUT2D eigenvalue weighted by atomic mass is 32.2. The van der Waals surface area contributed by atoms with Gasteiger partial charge in [-0.3, -0.25) is 0 Å². The van der Waals surface area contributed by atoms with Crippen LogP contribution in [0.2, 0.25) is 0 Å². The highest BCUT2D eigenvalue weighted by Gasteiger charge is 2.47. The number of hydrogen-bond acceptors (Lipinski definition) is 4. The molecule has 1 aromatic carbocycles. The summed E-state index contributed by atoms with van der Waals surface area (Å²) in [6, 6.07) is 3.49. The molecular weight excluding hydrogens is 326 g/mol. The average molecular weight is 341 g/mol. The van der Waals surface area contributed by atoms with Crippen molar-refractivity contribution >= 4 is 9.84 Å². The van der Waals surface area contributed by atoms with E-state index in [0.717, 1.165) is 18.2 Å². The summed E-state index contributed by atoms with van der Waals surface area (Å²) in [6.45, 7) is 0. The molecule has 2 rings (SSSR count). The van der Waals surface area contributed by atoms with E-state index in [2.05, 4.69) is 4.74 Å². The van der Waals surface area contributed by atoms with Crippen molar-refractivity contribution in [1.82, 2.24) is 0 Å². The normalized spacial score (nSPS) is 26.7. The predicted molar refractivity (Wildman–Crippen MR) is 70.6 cm³/mol. The van der Waals surface area contributed by atoms with E-state index in [4.69, 9.17) is 5.73 Å². The molecule has 124 valence electrons. The van der Waals surface area contributed by atoms with Gasteiger partial charge in [0.1, 0.15) is 5.75 Å². The number of hydrogen-bond donors (Lipinski definition) is 1. The molecule has 1 fully saturated rings. The number of nitrogens with two attached hydrogens (primary N) is 1. The van der Waals surface area contributed by atoms with Crippen LogP contribution in [0.3, 0.4) is 0 Å². The van der Waals surface area contributed by atoms with Gasteiger partial charge in [0, 0.05) is 6.04 Å². The summed E-state index contributed by atoms with van der Waals surface area (Å²) in [5, 5.41) is -2.51. The van der Waals surface area contributed by atoms with Crippen LogP contribution in [0.25, 0.3) is 0 Å². The van der Waals surface area contributed by atoms with E-state index in [1.165, 1.54) is 0 Å². The Kier molecular flexibility index (Phi) is 4.40. The van der Waals surface area contributed by atoms with E-state index < -0.39 is 31.8 Å². The Morgan fingerprint density at radius 1 is 1.23 bits per heavy atom. The molecule has 0 aliphatic heterocycles. The Balaban J connectivity index is 2.32. The molecule has 1 aromatic rings. The van der Waals surface area contributed by atoms with Crippen LogP contribution in [0.15, 0.2) is 29.2 Å². The second-order valence-corrected chi connectivity index (χ2v) is 7.46. The van der Waals surface area contributed by atoms with Gasteiger partial charge < -0.3 is 10.5 Å². The summed E-state index contributed by atoms with van der Waals surface area (Å²) in [4.78, 5) is -0.535. The van der Waals surface area contributed by atoms with E-state index in [-0.39, 0.29) is 31.7 Å². The number of alkyl halides is 4. The summed E-state index contributed by atoms with van der Waals surface area (Å²) < 4.78 is 79.8. The maximum Gasteiger partial charge on any atom is 0.573 e. The van der Waals surface area contributed by atoms with E-state index in [1.807, 2.05) is 0 Å². The Morgan fingerprint density at radius 2 is 1.82 bits per heavy atom. The molecule has 0 amide bonds. The van der Waals surface area contributed by atoms with Gasteiger partial charge in [0.15, 0.2) is 0 Å². The first-order chi connectivity index (χ1) is 10.0. The van der Waals surface area contributed by atoms with Gasteiger partial charge in [-0.15, -0.1) is 13.2 Å². The van der Waals surface area contributed by atoms with Crippen LogP contribution in [0.1, 0.15) is 25.7 Å². The zero-order valence-corrected chi connectivity index (χ0v) is 12.3. The van der Waals surface area contributed by atoms with Gasteiger partial charge in [0.25, 0.3) is 0 Å². The summed E-state index contributed by atoms with van der Waals surface area (Å²) >= 11 is 0. The topological polar surface area (TPSA) is 69.4 Å². The van der Waals surface area contributed by atoms with Gasteiger partial charge in [-0.25, -0.2) is 12.8 Å². The second-order valence-electron chi connectivity index (χ2n) is 5.25. The maximum atomic E-state index is 14.8. The molecule has 0 aromatic heterocycles. The molecule has 0 saturated heterocycles. The standard InChI is InChI=1S/C13H15F4NO3S/c14-12(6-4-9(18)5-7-12)22(19,20)11-3-1-2-10(8-11)21-13(15,16)17/h1-3,8-9H,4-7,18H2/t9-,12+. The Hall–Kier alpha value is -1.35. The third-order valence-corrected chi connectivity index (χ3v) is 5.85. The molecule has 0 unspecified atom stereocenters. The van der Waals surface area contributed by atoms with Crippen molar-refractivity contribution in [2.24, 2.45) is 5.73 Å². The summed E-state index contributed by atoms with van der Waals surface area (Å²) in [5.74, 6) is -0.704. The Labute approximate surface area is 125 Å². The first-order valence-corrected chi connectivity index (χ1v) is 8.07. The van der Waals surface area contributed by atoms with Crippen LogP contribution in [-0.4, -0.2) is 25.8 Å². The largest absolute Gasteiger partial charge is 0.573 e. The number of rotatable bonds is 3. The highest BCUT2D eigenvalue weighted by molar-refractivity contribution is 7.92. The summed E-state index contributed by atoms with van der Waals surface area (Å²) in [5.41, 5.74) is 5.62. The first kappa shape index (κ1) is 17.0. The molecule has 4 nitrogen and oxygen atoms in total. The SMILES string of the molecule is N[C@H]1CC[C@@](F)(S(=O)(=O)c2cccc(OC(F)(F)F)c2)CC1. The smallest absolute Gasteiger partial charge is 0.406 e. The van der Waals surface area contributed by atoms with E-state index in [1.54, 1.807) is 0 Å². The van der Waals surface area contributed by atoms with Crippen molar-refractivity contribution in [3.05, 3.63) is 24.3 Å². The van der Waals surface area contributed by atoms with Crippen molar-refractivity contribution in [3.63, 3.8) is 0 Å². The lowest BCUT2D eigenvalue weighted by molar-refractivity contribution is -0.274. The molecule has 0 heterocycles. The monoisotopic (exact) mass is 341 g/mol. The zero-order valence-electron chi connectivity index (χ0n) is 11.4. The number of halogens is 4. The van der Waals surface area contributed by atoms with Crippen molar-refractivity contribution in [2.75, 3.05) is 0 Å². The minimum Gasteiger partial charge on any atom is -0.406 e. The van der Waals surface area contributed by atoms with E-state index >= 15 is 0 Å². The van der Waals surface area contributed by atoms with Crippen LogP contribution < -0.4 is 10.5 Å². The quantitative estimate of drug-likeness (QED) is 0.858. The molecule has 2 N–H and O–H groups in total. The molecule has 0 atom stereocenters. The minimum absolute atomic E-state index is 0.203. The molecule has 0 radical (unpaired) electrons. The lowest BCUT2D eigenvalue weighted by Crippen LogP contribution is -2.41. The van der Waals surface area contributed by atoms with Crippen molar-refractivity contribution in [1.29, 1.82) is 0 Å². The average Bonchev–Trinajstić information content (AvgIpc) is 2.40. The lowest BCUT2D eigenvalue weighted by atomic mass is 9.94. The number of sulfone groups is 1. The number of ether oxygens (including phenoxy) is 1. The van der Waals surface area contributed by atoms with Crippen LogP contribution in [0.5, 0.6) is 5.75 Å². The minimum atomic E-state index is -4.95. The summed E-state index contributed by atoms with van der Waals surface area (Å²) in [7, 11) is -4.43. The zero-order chi connectivity index (χ0) is 16.6. The molecule has 1 aliphatic rings. The van der Waals surface area contributed by atoms with Crippen molar-refractivity contribution in [3.8, 4) is 5.75 Å². The predicted octanol–water partition coefficient (Wildman–Crippen LogP) is 2.93. The van der Waals surface area contributed by atoms with Gasteiger partial charge in [-0.05, 0) is 43.9 Å². The van der Waals surface area contributed by atoms with Crippen LogP contribution in [0, 0.1) is 0 Å². The third-order valence-electron chi connectivity index (χ3n) is 3.61. The Bertz CT molecular complexity index is 637. The fourth-order valence-electron chi connectivity index (χ4n) is 2.39. The molecular formula is C13H15F4NO3S. The van der Waals surface area contributed by atoms with Gasteiger partial charge >= 0.3 is 6.36 Å². The molecule has 0 bridgehead atoms. The maximum absolute atomic E-state index is 14.8. The van der Waals surface area contributed by atoms with Crippen molar-refractivity contribution in [2.45, 2.75) is 48.0 Å². The van der Waals surface area contributed by atoms with Crippen LogP contribution in [0.4, 0.5) is 17.6 Å². The first-order valence-electron chi connectivity index (χ1n) is 6.58. The van der Waals surface area contributed by atoms with Gasteiger partial charge in [-0.1, -0.05) is 6.07 Å². The fourth-order valence-corrected chi connectivity index (χ4v) is 4.11. The van der Waals surface area contributed by atoms with Crippen LogP contribution >= 0.6 is 0 Å². The van der Waals surface area contributed by atoms with E-state index in [9.17, 15) is 26.0 Å². The molecule has 1 aliphatic carbocycles. The Morgan fingerprint density at radius 3 is 2.36 bits per heavy atom.